The number of aliphatic hydroxyl groups is 1. The first-order chi connectivity index (χ1) is 25.7. The highest BCUT2D eigenvalue weighted by atomic mass is 79.9. The minimum absolute atomic E-state index is 0.0371. The fourth-order valence-corrected chi connectivity index (χ4v) is 8.55. The van der Waals surface area contributed by atoms with Gasteiger partial charge in [-0.2, -0.15) is 0 Å². The molecule has 4 rings (SSSR count). The third kappa shape index (κ3) is 10.9. The Labute approximate surface area is 328 Å². The zero-order valence-electron chi connectivity index (χ0n) is 32.5. The molecule has 14 heteroatoms. The van der Waals surface area contributed by atoms with Gasteiger partial charge < -0.3 is 19.3 Å². The van der Waals surface area contributed by atoms with Gasteiger partial charge in [0.05, 0.1) is 27.4 Å². The van der Waals surface area contributed by atoms with Crippen molar-refractivity contribution < 1.29 is 32.1 Å². The normalized spacial score (nSPS) is 13.1. The van der Waals surface area contributed by atoms with E-state index < -0.39 is 27.2 Å². The van der Waals surface area contributed by atoms with Crippen LogP contribution in [0.15, 0.2) is 59.1 Å². The molecule has 0 unspecified atom stereocenters. The first-order valence-electron chi connectivity index (χ1n) is 18.6. The molecule has 296 valence electrons. The molecule has 2 aromatic carbocycles. The molecule has 0 amide bonds. The fraction of sp³-hybridized carbons (Fsp3) is 0.525. The average molecular weight is 833 g/mol. The fourth-order valence-electron chi connectivity index (χ4n) is 6.36. The molecule has 4 aromatic rings. The summed E-state index contributed by atoms with van der Waals surface area (Å²) in [5.41, 5.74) is 1.33. The van der Waals surface area contributed by atoms with Crippen LogP contribution in [0.2, 0.25) is 0 Å². The van der Waals surface area contributed by atoms with E-state index >= 15 is 0 Å². The zero-order chi connectivity index (χ0) is 39.5. The minimum Gasteiger partial charge on any atom is -0.494 e. The first kappa shape index (κ1) is 43.0. The van der Waals surface area contributed by atoms with Crippen LogP contribution >= 0.6 is 15.9 Å². The van der Waals surface area contributed by atoms with Gasteiger partial charge in [0.1, 0.15) is 33.9 Å². The molecular formula is C40H55BrFN5O6S. The lowest BCUT2D eigenvalue weighted by molar-refractivity contribution is 0.175. The van der Waals surface area contributed by atoms with Gasteiger partial charge in [-0.3, -0.25) is 4.57 Å². The highest BCUT2D eigenvalue weighted by molar-refractivity contribution is 9.10. The second-order valence-corrected chi connectivity index (χ2v) is 17.7. The smallest absolute Gasteiger partial charge is 0.246 e. The molecule has 2 atom stereocenters. The number of unbranched alkanes of at least 4 members (excludes halogenated alkanes) is 8. The topological polar surface area (TPSA) is 129 Å². The molecule has 54 heavy (non-hydrogen) atoms. The number of rotatable bonds is 21. The number of benzene rings is 2. The largest absolute Gasteiger partial charge is 0.494 e. The van der Waals surface area contributed by atoms with E-state index in [1.807, 2.05) is 0 Å². The summed E-state index contributed by atoms with van der Waals surface area (Å²) >= 11 is 3.30. The van der Waals surface area contributed by atoms with Crippen molar-refractivity contribution in [2.75, 3.05) is 32.2 Å². The number of aliphatic hydroxyl groups excluding tert-OH is 1. The number of sulfonamides is 1. The number of ether oxygens (including phenoxy) is 3. The number of anilines is 1. The van der Waals surface area contributed by atoms with Crippen molar-refractivity contribution in [2.24, 2.45) is 5.41 Å². The van der Waals surface area contributed by atoms with Crippen molar-refractivity contribution >= 4 is 31.9 Å². The summed E-state index contributed by atoms with van der Waals surface area (Å²) in [6, 6.07) is 14.1. The van der Waals surface area contributed by atoms with E-state index in [9.17, 15) is 17.9 Å². The molecule has 2 aromatic heterocycles. The van der Waals surface area contributed by atoms with Crippen LogP contribution in [0.1, 0.15) is 104 Å². The molecule has 0 aliphatic rings. The Kier molecular flexibility index (Phi) is 15.7. The Morgan fingerprint density at radius 3 is 2.02 bits per heavy atom. The van der Waals surface area contributed by atoms with Gasteiger partial charge in [-0.1, -0.05) is 106 Å². The summed E-state index contributed by atoms with van der Waals surface area (Å²) in [6.07, 6.45) is 9.07. The van der Waals surface area contributed by atoms with Crippen LogP contribution < -0.4 is 18.5 Å². The van der Waals surface area contributed by atoms with Crippen molar-refractivity contribution in [2.45, 2.75) is 103 Å². The third-order valence-corrected chi connectivity index (χ3v) is 12.3. The van der Waals surface area contributed by atoms with Gasteiger partial charge in [-0.25, -0.2) is 22.1 Å². The van der Waals surface area contributed by atoms with Crippen LogP contribution in [0, 0.1) is 11.2 Å². The maximum atomic E-state index is 14.8. The Bertz CT molecular complexity index is 1900. The highest BCUT2D eigenvalue weighted by Crippen LogP contribution is 2.40. The standard InChI is InChI=1S/C40H55BrFN5O6S/c1-28(37(48)30-24-23-29(42)27-31(30)41)54(49,50)46(26-16-14-12-10-8-9-11-13-15-25-40(2,3)4)39-45-44-38(32-19-17-22-35(43-32)53-7)47(39)36-33(51-5)20-18-21-34(36)52-6/h17-24,27-28,37,48H,8-16,25-26H2,1-7H3/t28-,37-/m0/s1. The SMILES string of the molecule is COc1cccc(-c2nnc(N(CCCCCCCCCCCC(C)(C)C)S(=O)(=O)[C@@H](C)[C@H](O)c3ccc(F)cc3Br)n2-c2c(OC)cccc2OC)n1. The van der Waals surface area contributed by atoms with Crippen LogP contribution in [0.3, 0.4) is 0 Å². The van der Waals surface area contributed by atoms with E-state index in [-0.39, 0.29) is 28.4 Å². The van der Waals surface area contributed by atoms with Crippen LogP contribution in [-0.2, 0) is 10.0 Å². The molecule has 0 radical (unpaired) electrons. The van der Waals surface area contributed by atoms with Gasteiger partial charge in [0.25, 0.3) is 0 Å². The van der Waals surface area contributed by atoms with Crippen LogP contribution in [0.25, 0.3) is 17.2 Å². The number of halogens is 2. The molecule has 0 bridgehead atoms. The number of nitrogens with zero attached hydrogens (tertiary/aromatic N) is 5. The van der Waals surface area contributed by atoms with Gasteiger partial charge in [0, 0.05) is 17.1 Å². The summed E-state index contributed by atoms with van der Waals surface area (Å²) in [6.45, 7) is 8.32. The Morgan fingerprint density at radius 1 is 0.852 bits per heavy atom. The number of methoxy groups -OCH3 is 3. The van der Waals surface area contributed by atoms with Crippen molar-refractivity contribution in [3.63, 3.8) is 0 Å². The Balaban J connectivity index is 1.71. The predicted octanol–water partition coefficient (Wildman–Crippen LogP) is 9.46. The van der Waals surface area contributed by atoms with E-state index in [1.165, 1.54) is 82.9 Å². The molecule has 0 aliphatic heterocycles. The second-order valence-electron chi connectivity index (χ2n) is 14.7. The average Bonchev–Trinajstić information content (AvgIpc) is 3.57. The number of aromatic nitrogens is 4. The lowest BCUT2D eigenvalue weighted by Gasteiger charge is -2.30. The predicted molar refractivity (Wildman–Crippen MR) is 215 cm³/mol. The first-order valence-corrected chi connectivity index (χ1v) is 20.9. The number of pyridine rings is 1. The summed E-state index contributed by atoms with van der Waals surface area (Å²) < 4.78 is 63.6. The van der Waals surface area contributed by atoms with Gasteiger partial charge in [0.2, 0.25) is 21.9 Å². The molecule has 2 heterocycles. The van der Waals surface area contributed by atoms with Gasteiger partial charge >= 0.3 is 0 Å². The molecule has 1 N–H and O–H groups in total. The molecule has 0 spiro atoms. The van der Waals surface area contributed by atoms with Crippen molar-refractivity contribution in [3.8, 4) is 34.6 Å². The molecule has 0 saturated heterocycles. The van der Waals surface area contributed by atoms with Gasteiger partial charge in [0.15, 0.2) is 5.82 Å². The van der Waals surface area contributed by atoms with Crippen LogP contribution in [-0.4, -0.2) is 66.4 Å². The molecular weight excluding hydrogens is 777 g/mol. The summed E-state index contributed by atoms with van der Waals surface area (Å²) in [5, 5.41) is 19.1. The van der Waals surface area contributed by atoms with E-state index in [1.54, 1.807) is 41.0 Å². The van der Waals surface area contributed by atoms with Crippen LogP contribution in [0.4, 0.5) is 10.3 Å². The van der Waals surface area contributed by atoms with Gasteiger partial charge in [-0.05, 0) is 61.1 Å². The number of hydrogen-bond donors (Lipinski definition) is 1. The Hall–Kier alpha value is -3.75. The van der Waals surface area contributed by atoms with E-state index in [0.29, 0.717) is 40.6 Å². The summed E-state index contributed by atoms with van der Waals surface area (Å²) in [7, 11) is 0.129. The quantitative estimate of drug-likeness (QED) is 0.0817. The zero-order valence-corrected chi connectivity index (χ0v) is 34.9. The van der Waals surface area contributed by atoms with Crippen molar-refractivity contribution in [1.29, 1.82) is 0 Å². The third-order valence-electron chi connectivity index (χ3n) is 9.45. The van der Waals surface area contributed by atoms with Crippen molar-refractivity contribution in [1.82, 2.24) is 19.7 Å². The Morgan fingerprint density at radius 2 is 1.44 bits per heavy atom. The summed E-state index contributed by atoms with van der Waals surface area (Å²) in [5.74, 6) is 0.727. The van der Waals surface area contributed by atoms with E-state index in [0.717, 1.165) is 25.7 Å². The minimum atomic E-state index is -4.38. The van der Waals surface area contributed by atoms with Crippen molar-refractivity contribution in [3.05, 3.63) is 70.5 Å². The molecule has 0 aliphatic carbocycles. The number of para-hydroxylation sites is 1. The maximum Gasteiger partial charge on any atom is 0.246 e. The summed E-state index contributed by atoms with van der Waals surface area (Å²) in [4.78, 5) is 4.58. The highest BCUT2D eigenvalue weighted by Gasteiger charge is 2.39. The van der Waals surface area contributed by atoms with Crippen LogP contribution in [0.5, 0.6) is 17.4 Å². The second kappa shape index (κ2) is 19.7. The van der Waals surface area contributed by atoms with Gasteiger partial charge in [-0.15, -0.1) is 10.2 Å². The molecule has 0 fully saturated rings. The number of hydrogen-bond acceptors (Lipinski definition) is 9. The molecule has 11 nitrogen and oxygen atoms in total. The lowest BCUT2D eigenvalue weighted by atomic mass is 9.89. The van der Waals surface area contributed by atoms with E-state index in [4.69, 9.17) is 14.2 Å². The lowest BCUT2D eigenvalue weighted by Crippen LogP contribution is -2.42. The monoisotopic (exact) mass is 831 g/mol. The van der Waals surface area contributed by atoms with E-state index in [2.05, 4.69) is 51.9 Å². The maximum absolute atomic E-state index is 14.8. The molecule has 0 saturated carbocycles.